The van der Waals surface area contributed by atoms with Gasteiger partial charge in [0.05, 0.1) is 43.6 Å². The maximum Gasteiger partial charge on any atom is 2.00 e. The predicted molar refractivity (Wildman–Crippen MR) is 109 cm³/mol. The molecule has 1 N–H and O–H groups in total. The number of benzene rings is 3. The van der Waals surface area contributed by atoms with Gasteiger partial charge in [0.2, 0.25) is 0 Å². The smallest absolute Gasteiger partial charge is 0.871 e. The van der Waals surface area contributed by atoms with Gasteiger partial charge in [-0.15, -0.1) is 0 Å². The van der Waals surface area contributed by atoms with E-state index in [4.69, 9.17) is 4.55 Å². The van der Waals surface area contributed by atoms with Gasteiger partial charge >= 0.3 is 46.6 Å². The minimum Gasteiger partial charge on any atom is -0.871 e. The van der Waals surface area contributed by atoms with Crippen molar-refractivity contribution in [3.63, 3.8) is 0 Å². The molecule has 0 atom stereocenters. The summed E-state index contributed by atoms with van der Waals surface area (Å²) in [7, 11) is -4.41. The van der Waals surface area contributed by atoms with Crippen LogP contribution in [-0.2, 0) is 27.2 Å². The number of non-ortho nitro benzene ring substituents is 1. The Balaban J connectivity index is 0.00000342. The van der Waals surface area contributed by atoms with Crippen LogP contribution in [0.1, 0.15) is 0 Å². The van der Waals surface area contributed by atoms with E-state index >= 15 is 0 Å². The summed E-state index contributed by atoms with van der Waals surface area (Å²) < 4.78 is 31.0. The number of nitro groups is 2. The molecule has 0 aliphatic carbocycles. The van der Waals surface area contributed by atoms with Crippen molar-refractivity contribution in [2.45, 2.75) is 4.90 Å². The monoisotopic (exact) mass is 587 g/mol. The molecule has 1 radical (unpaired) electrons. The summed E-state index contributed by atoms with van der Waals surface area (Å²) in [6.45, 7) is 0. The topological polar surface area (TPSA) is 259 Å². The molecule has 0 aromatic heterocycles. The van der Waals surface area contributed by atoms with Gasteiger partial charge < -0.3 is 15.3 Å². The first-order chi connectivity index (χ1) is 16.4. The fourth-order valence-corrected chi connectivity index (χ4v) is 2.98. The van der Waals surface area contributed by atoms with Crippen molar-refractivity contribution in [3.8, 4) is 17.2 Å². The van der Waals surface area contributed by atoms with E-state index in [1.807, 2.05) is 0 Å². The summed E-state index contributed by atoms with van der Waals surface area (Å²) in [5.74, 6) is -3.68. The molecule has 3 aromatic rings. The Morgan fingerprint density at radius 3 is 1.65 bits per heavy atom. The van der Waals surface area contributed by atoms with Crippen LogP contribution in [-0.4, -0.2) is 22.8 Å². The molecule has 3 rings (SSSR count). The maximum atomic E-state index is 12.3. The summed E-state index contributed by atoms with van der Waals surface area (Å²) in [6, 6.07) is 7.51. The van der Waals surface area contributed by atoms with Crippen LogP contribution in [0.2, 0.25) is 0 Å². The van der Waals surface area contributed by atoms with Gasteiger partial charge in [-0.05, 0) is 36.4 Å². The summed E-state index contributed by atoms with van der Waals surface area (Å²) in [5, 5.41) is 72.5. The third-order valence-corrected chi connectivity index (χ3v) is 5.05. The van der Waals surface area contributed by atoms with Gasteiger partial charge in [0.15, 0.2) is 0 Å². The zero-order valence-electron chi connectivity index (χ0n) is 18.1. The van der Waals surface area contributed by atoms with Crippen LogP contribution >= 0.6 is 0 Å². The van der Waals surface area contributed by atoms with Crippen molar-refractivity contribution in [3.05, 3.63) is 68.8 Å². The first-order valence-corrected chi connectivity index (χ1v) is 10.4. The second-order valence-corrected chi connectivity index (χ2v) is 7.88. The van der Waals surface area contributed by atoms with Crippen molar-refractivity contribution in [1.82, 2.24) is 0 Å². The predicted octanol–water partition coefficient (Wildman–Crippen LogP) is -0.197. The molecule has 0 saturated carbocycles. The Hall–Kier alpha value is -3.51. The van der Waals surface area contributed by atoms with E-state index in [1.165, 1.54) is 12.1 Å². The molecule has 0 bridgehead atoms. The van der Waals surface area contributed by atoms with Crippen LogP contribution in [0.5, 0.6) is 17.2 Å². The van der Waals surface area contributed by atoms with Crippen molar-refractivity contribution >= 4 is 44.2 Å². The average molecular weight is 588 g/mol. The van der Waals surface area contributed by atoms with Crippen molar-refractivity contribution in [2.75, 3.05) is 0 Å². The molecule has 37 heavy (non-hydrogen) atoms. The molecule has 0 amide bonds. The van der Waals surface area contributed by atoms with E-state index < -0.39 is 70.5 Å². The van der Waals surface area contributed by atoms with Crippen molar-refractivity contribution in [1.29, 1.82) is 0 Å². The molecule has 0 unspecified atom stereocenters. The minimum atomic E-state index is -4.41. The van der Waals surface area contributed by atoms with E-state index in [2.05, 4.69) is 20.5 Å². The van der Waals surface area contributed by atoms with E-state index in [0.717, 1.165) is 24.3 Å². The first kappa shape index (κ1) is 31.5. The average Bonchev–Trinajstić information content (AvgIpc) is 2.79. The second-order valence-electron chi connectivity index (χ2n) is 6.46. The Morgan fingerprint density at radius 2 is 1.19 bits per heavy atom. The fourth-order valence-electron chi connectivity index (χ4n) is 2.50. The SMILES string of the molecule is O=[N+]([O-])c1cc(N=Nc2ccc(N=Nc3ccc(S(=O)(=O)O)cc3)c([O-])c2[O-])c([O-])c([N+](=O)[O-])c1.[Cu+2].[Na+]. The quantitative estimate of drug-likeness (QED) is 0.125. The van der Waals surface area contributed by atoms with E-state index in [1.54, 1.807) is 0 Å². The Bertz CT molecular complexity index is 1520. The molecule has 0 fully saturated rings. The molecular formula is C18H9CuN6NaO10S. The van der Waals surface area contributed by atoms with Crippen molar-refractivity contribution in [2.24, 2.45) is 20.5 Å². The van der Waals surface area contributed by atoms with Gasteiger partial charge in [0.25, 0.3) is 21.5 Å². The standard InChI is InChI=1S/C18H12N6O10S.Cu.Na/c25-16-14(7-10(23(28)29)8-15(16)24(30)31)22-21-13-6-5-12(17(26)18(13)27)20-19-9-1-3-11(4-2-9)35(32,33)34;;/h1-8,25-27H,(H,32,33,34);;/q;+2;+1/p-3. The minimum absolute atomic E-state index is 0. The van der Waals surface area contributed by atoms with Gasteiger partial charge in [0, 0.05) is 11.8 Å². The Labute approximate surface area is 239 Å². The van der Waals surface area contributed by atoms with Crippen LogP contribution in [0.3, 0.4) is 0 Å². The first-order valence-electron chi connectivity index (χ1n) is 8.94. The van der Waals surface area contributed by atoms with Gasteiger partial charge in [-0.1, -0.05) is 11.5 Å². The van der Waals surface area contributed by atoms with Gasteiger partial charge in [-0.25, -0.2) is 0 Å². The molecular weight excluding hydrogens is 579 g/mol. The van der Waals surface area contributed by atoms with Crippen molar-refractivity contribution < 1.29 is 84.8 Å². The summed E-state index contributed by atoms with van der Waals surface area (Å²) in [6.07, 6.45) is 0. The van der Waals surface area contributed by atoms with Crippen LogP contribution in [0, 0.1) is 20.2 Å². The molecule has 16 nitrogen and oxygen atoms in total. The molecule has 3 aromatic carbocycles. The van der Waals surface area contributed by atoms with Crippen LogP contribution in [0.15, 0.2) is 73.9 Å². The third kappa shape index (κ3) is 7.49. The summed E-state index contributed by atoms with van der Waals surface area (Å²) >= 11 is 0. The van der Waals surface area contributed by atoms with E-state index in [-0.39, 0.29) is 52.3 Å². The van der Waals surface area contributed by atoms with Gasteiger partial charge in [-0.2, -0.15) is 28.9 Å². The largest absolute Gasteiger partial charge is 2.00 e. The fraction of sp³-hybridized carbons (Fsp3) is 0. The molecule has 0 spiro atoms. The second kappa shape index (κ2) is 12.6. The molecule has 19 heteroatoms. The molecule has 0 saturated heterocycles. The Morgan fingerprint density at radius 1 is 0.703 bits per heavy atom. The Kier molecular flexibility index (Phi) is 10.8. The number of nitro benzene ring substituents is 2. The number of hydrogen-bond acceptors (Lipinski definition) is 13. The van der Waals surface area contributed by atoms with Crippen LogP contribution < -0.4 is 44.9 Å². The normalized spacial score (nSPS) is 11.2. The maximum absolute atomic E-state index is 12.3. The zero-order chi connectivity index (χ0) is 25.9. The number of hydrogen-bond donors (Lipinski definition) is 1. The van der Waals surface area contributed by atoms with E-state index in [0.29, 0.717) is 12.1 Å². The molecule has 189 valence electrons. The molecule has 0 heterocycles. The number of nitrogens with zero attached hydrogens (tertiary/aromatic N) is 6. The van der Waals surface area contributed by atoms with Crippen LogP contribution in [0.25, 0.3) is 0 Å². The van der Waals surface area contributed by atoms with Gasteiger partial charge in [-0.3, -0.25) is 24.8 Å². The number of azo groups is 2. The van der Waals surface area contributed by atoms with Crippen LogP contribution in [0.4, 0.5) is 34.1 Å². The molecule has 0 aliphatic heterocycles. The summed E-state index contributed by atoms with van der Waals surface area (Å²) in [4.78, 5) is 19.4. The number of rotatable bonds is 7. The van der Waals surface area contributed by atoms with Gasteiger partial charge in [0.1, 0.15) is 0 Å². The van der Waals surface area contributed by atoms with E-state index in [9.17, 15) is 44.0 Å². The third-order valence-electron chi connectivity index (χ3n) is 4.19. The summed E-state index contributed by atoms with van der Waals surface area (Å²) in [5.41, 5.74) is -3.65. The molecule has 0 aliphatic rings. The zero-order valence-corrected chi connectivity index (χ0v) is 21.9.